The van der Waals surface area contributed by atoms with Crippen LogP contribution < -0.4 is 0 Å². The molecule has 1 atom stereocenters. The molecule has 0 saturated heterocycles. The Kier molecular flexibility index (Phi) is 8.24. The Morgan fingerprint density at radius 3 is 1.48 bits per heavy atom. The Bertz CT molecular complexity index is 511. The normalized spacial score (nSPS) is 25.2. The van der Waals surface area contributed by atoms with Crippen LogP contribution in [0.25, 0.3) is 0 Å². The quantitative estimate of drug-likeness (QED) is 0.332. The minimum Gasteiger partial charge on any atom is -0.250 e. The summed E-state index contributed by atoms with van der Waals surface area (Å²) < 4.78 is 30.7. The van der Waals surface area contributed by atoms with Gasteiger partial charge in [-0.25, -0.2) is 0 Å². The highest BCUT2D eigenvalue weighted by molar-refractivity contribution is 7.89. The molecule has 0 aromatic heterocycles. The molecule has 3 saturated carbocycles. The van der Waals surface area contributed by atoms with Gasteiger partial charge in [0.2, 0.25) is 0 Å². The predicted molar refractivity (Wildman–Crippen MR) is 116 cm³/mol. The summed E-state index contributed by atoms with van der Waals surface area (Å²) in [5.41, 5.74) is 0. The third-order valence-corrected chi connectivity index (χ3v) is 11.1. The fourth-order valence-electron chi connectivity index (χ4n) is 6.30. The summed E-state index contributed by atoms with van der Waals surface area (Å²) in [6.45, 7) is 3.60. The van der Waals surface area contributed by atoms with Crippen molar-refractivity contribution in [3.8, 4) is 0 Å². The third kappa shape index (κ3) is 5.37. The Balaban J connectivity index is 1.92. The minimum atomic E-state index is -3.49. The molecule has 3 aliphatic rings. The molecule has 0 aromatic rings. The molecule has 0 aliphatic heterocycles. The van der Waals surface area contributed by atoms with Crippen molar-refractivity contribution in [3.05, 3.63) is 12.7 Å². The number of hydrogen-bond donors (Lipinski definition) is 0. The molecule has 0 heterocycles. The van der Waals surface area contributed by atoms with Gasteiger partial charge in [0.15, 0.2) is 0 Å². The Morgan fingerprint density at radius 2 is 1.15 bits per heavy atom. The standard InChI is InChI=1S/C22H39O3PS/c1-2-18-27(23,24)25-26-22(19-12-6-3-7-13-19,20-14-8-4-9-15-20)21-16-10-5-11-17-21/h2,19-21,26H,1,3-18H2. The highest BCUT2D eigenvalue weighted by atomic mass is 32.2. The summed E-state index contributed by atoms with van der Waals surface area (Å²) >= 11 is 0. The minimum absolute atomic E-state index is 0.0594. The molecule has 3 rings (SSSR count). The summed E-state index contributed by atoms with van der Waals surface area (Å²) in [5, 5.41) is 0.107. The van der Waals surface area contributed by atoms with Crippen LogP contribution in [0.2, 0.25) is 0 Å². The molecule has 0 N–H and O–H groups in total. The van der Waals surface area contributed by atoms with E-state index in [1.807, 2.05) is 0 Å². The van der Waals surface area contributed by atoms with E-state index in [-0.39, 0.29) is 19.7 Å². The second kappa shape index (κ2) is 10.2. The molecular formula is C22H39O3PS. The van der Waals surface area contributed by atoms with E-state index in [1.54, 1.807) is 0 Å². The van der Waals surface area contributed by atoms with E-state index >= 15 is 0 Å². The zero-order valence-corrected chi connectivity index (χ0v) is 18.8. The van der Waals surface area contributed by atoms with E-state index in [1.165, 1.54) is 102 Å². The topological polar surface area (TPSA) is 43.4 Å². The van der Waals surface area contributed by atoms with Crippen LogP contribution in [0.1, 0.15) is 96.3 Å². The van der Waals surface area contributed by atoms with Gasteiger partial charge in [-0.1, -0.05) is 63.9 Å². The Hall–Kier alpha value is 0.0800. The van der Waals surface area contributed by atoms with Crippen molar-refractivity contribution in [1.29, 1.82) is 0 Å². The Labute approximate surface area is 169 Å². The van der Waals surface area contributed by atoms with Gasteiger partial charge in [0.25, 0.3) is 10.1 Å². The van der Waals surface area contributed by atoms with E-state index in [4.69, 9.17) is 3.97 Å². The van der Waals surface area contributed by atoms with Gasteiger partial charge in [-0.2, -0.15) is 8.42 Å². The molecule has 0 radical (unpaired) electrons. The molecule has 0 aromatic carbocycles. The third-order valence-electron chi connectivity index (χ3n) is 7.51. The first-order chi connectivity index (χ1) is 13.1. The van der Waals surface area contributed by atoms with Gasteiger partial charge in [0.1, 0.15) is 0 Å². The molecule has 1 unspecified atom stereocenters. The summed E-state index contributed by atoms with van der Waals surface area (Å²) in [6.07, 6.45) is 21.1. The molecule has 0 spiro atoms. The van der Waals surface area contributed by atoms with Gasteiger partial charge in [-0.15, -0.1) is 6.58 Å². The first-order valence-corrected chi connectivity index (χ1v) is 13.9. The largest absolute Gasteiger partial charge is 0.273 e. The maximum Gasteiger partial charge on any atom is 0.273 e. The van der Waals surface area contributed by atoms with Gasteiger partial charge in [-0.05, 0) is 56.3 Å². The van der Waals surface area contributed by atoms with Crippen LogP contribution >= 0.6 is 8.81 Å². The van der Waals surface area contributed by atoms with E-state index < -0.39 is 10.1 Å². The molecule has 3 nitrogen and oxygen atoms in total. The fourth-order valence-corrected chi connectivity index (χ4v) is 9.32. The summed E-state index contributed by atoms with van der Waals surface area (Å²) in [6, 6.07) is 0. The van der Waals surface area contributed by atoms with E-state index in [9.17, 15) is 8.42 Å². The van der Waals surface area contributed by atoms with Gasteiger partial charge in [0.05, 0.1) is 5.75 Å². The smallest absolute Gasteiger partial charge is 0.250 e. The SMILES string of the molecule is C=CCS(=O)(=O)OPC(C1CCCCC1)(C1CCCCC1)C1CCCCC1. The molecule has 5 heteroatoms. The first kappa shape index (κ1) is 21.8. The maximum atomic E-state index is 12.4. The molecule has 3 fully saturated rings. The lowest BCUT2D eigenvalue weighted by atomic mass is 9.61. The summed E-state index contributed by atoms with van der Waals surface area (Å²) in [4.78, 5) is 0. The van der Waals surface area contributed by atoms with Gasteiger partial charge in [0, 0.05) is 14.0 Å². The first-order valence-electron chi connectivity index (χ1n) is 11.4. The van der Waals surface area contributed by atoms with Crippen LogP contribution in [-0.2, 0) is 14.1 Å². The van der Waals surface area contributed by atoms with E-state index in [0.717, 1.165) is 0 Å². The molecule has 0 amide bonds. The van der Waals surface area contributed by atoms with Crippen LogP contribution in [0.5, 0.6) is 0 Å². The van der Waals surface area contributed by atoms with Gasteiger partial charge >= 0.3 is 0 Å². The average Bonchev–Trinajstić information content (AvgIpc) is 2.71. The molecule has 0 bridgehead atoms. The second-order valence-corrected chi connectivity index (χ2v) is 12.3. The monoisotopic (exact) mass is 414 g/mol. The van der Waals surface area contributed by atoms with Gasteiger partial charge < -0.3 is 0 Å². The van der Waals surface area contributed by atoms with Crippen LogP contribution in [0.15, 0.2) is 12.7 Å². The van der Waals surface area contributed by atoms with Crippen LogP contribution in [0.4, 0.5) is 0 Å². The van der Waals surface area contributed by atoms with Crippen molar-refractivity contribution in [2.24, 2.45) is 17.8 Å². The van der Waals surface area contributed by atoms with Crippen molar-refractivity contribution in [2.75, 3.05) is 5.75 Å². The van der Waals surface area contributed by atoms with E-state index in [2.05, 4.69) is 6.58 Å². The van der Waals surface area contributed by atoms with Gasteiger partial charge in [-0.3, -0.25) is 3.97 Å². The van der Waals surface area contributed by atoms with Crippen molar-refractivity contribution in [1.82, 2.24) is 0 Å². The lowest BCUT2D eigenvalue weighted by Crippen LogP contribution is -2.50. The number of hydrogen-bond acceptors (Lipinski definition) is 3. The average molecular weight is 415 g/mol. The molecule has 27 heavy (non-hydrogen) atoms. The maximum absolute atomic E-state index is 12.4. The van der Waals surface area contributed by atoms with Crippen molar-refractivity contribution < 1.29 is 12.4 Å². The van der Waals surface area contributed by atoms with Crippen molar-refractivity contribution in [3.63, 3.8) is 0 Å². The van der Waals surface area contributed by atoms with Crippen molar-refractivity contribution >= 4 is 18.9 Å². The lowest BCUT2D eigenvalue weighted by Gasteiger charge is -2.54. The zero-order valence-electron chi connectivity index (χ0n) is 17.0. The summed E-state index contributed by atoms with van der Waals surface area (Å²) in [7, 11) is -3.37. The molecular weight excluding hydrogens is 375 g/mol. The van der Waals surface area contributed by atoms with E-state index in [0.29, 0.717) is 17.8 Å². The number of rotatable bonds is 8. The highest BCUT2D eigenvalue weighted by Gasteiger charge is 2.51. The predicted octanol–water partition coefficient (Wildman–Crippen LogP) is 6.59. The van der Waals surface area contributed by atoms with Crippen LogP contribution in [-0.4, -0.2) is 19.3 Å². The van der Waals surface area contributed by atoms with Crippen molar-refractivity contribution in [2.45, 2.75) is 101 Å². The lowest BCUT2D eigenvalue weighted by molar-refractivity contribution is 0.0923. The fraction of sp³-hybridized carbons (Fsp3) is 0.909. The highest BCUT2D eigenvalue weighted by Crippen LogP contribution is 2.60. The second-order valence-electron chi connectivity index (χ2n) is 9.14. The van der Waals surface area contributed by atoms with Crippen LogP contribution in [0.3, 0.4) is 0 Å². The molecule has 3 aliphatic carbocycles. The zero-order chi connectivity index (χ0) is 19.2. The molecule has 156 valence electrons. The Morgan fingerprint density at radius 1 is 0.778 bits per heavy atom. The van der Waals surface area contributed by atoms with Crippen LogP contribution in [0, 0.1) is 17.8 Å². The summed E-state index contributed by atoms with van der Waals surface area (Å²) in [5.74, 6) is 1.93.